The van der Waals surface area contributed by atoms with Gasteiger partial charge in [0.05, 0.1) is 5.69 Å². The number of aromatic nitrogens is 2. The number of hydrogen-bond acceptors (Lipinski definition) is 2. The second-order valence-electron chi connectivity index (χ2n) is 9.18. The van der Waals surface area contributed by atoms with Crippen LogP contribution in [0, 0.1) is 26.7 Å². The van der Waals surface area contributed by atoms with Crippen LogP contribution in [-0.4, -0.2) is 22.6 Å². The molecule has 3 heterocycles. The van der Waals surface area contributed by atoms with Crippen LogP contribution in [0.2, 0.25) is 0 Å². The van der Waals surface area contributed by atoms with E-state index in [1.807, 2.05) is 0 Å². The third kappa shape index (κ3) is 3.73. The highest BCUT2D eigenvalue weighted by Crippen LogP contribution is 2.41. The van der Waals surface area contributed by atoms with Crippen LogP contribution in [0.15, 0.2) is 27.1 Å². The predicted octanol–water partition coefficient (Wildman–Crippen LogP) is 7.84. The summed E-state index contributed by atoms with van der Waals surface area (Å²) in [5.74, 6) is 1.29. The topological polar surface area (TPSA) is 21.1 Å². The lowest BCUT2D eigenvalue weighted by molar-refractivity contribution is 0.439. The van der Waals surface area contributed by atoms with Crippen molar-refractivity contribution in [3.8, 4) is 5.69 Å². The summed E-state index contributed by atoms with van der Waals surface area (Å²) in [7, 11) is 0. The van der Waals surface area contributed by atoms with Crippen LogP contribution < -0.4 is 4.90 Å². The number of fused-ring (bicyclic) bond motifs is 1. The Morgan fingerprint density at radius 2 is 1.60 bits per heavy atom. The smallest absolute Gasteiger partial charge is 0.147 e. The van der Waals surface area contributed by atoms with Gasteiger partial charge in [-0.1, -0.05) is 20.8 Å². The van der Waals surface area contributed by atoms with E-state index in [-0.39, 0.29) is 0 Å². The maximum atomic E-state index is 5.04. The SMILES string of the molecule is Cc1cc(N2CCC(C)CC2)c2c(C)c(C)n(-c3c(Br)cc(C(C)C)cc3Br)c2n1. The van der Waals surface area contributed by atoms with Gasteiger partial charge in [0.1, 0.15) is 5.65 Å². The van der Waals surface area contributed by atoms with Crippen molar-refractivity contribution in [2.45, 2.75) is 60.3 Å². The molecule has 1 aromatic carbocycles. The van der Waals surface area contributed by atoms with E-state index in [2.05, 4.69) is 101 Å². The highest BCUT2D eigenvalue weighted by atomic mass is 79.9. The molecular formula is C25H31Br2N3. The summed E-state index contributed by atoms with van der Waals surface area (Å²) >= 11 is 7.73. The molecule has 160 valence electrons. The summed E-state index contributed by atoms with van der Waals surface area (Å²) in [6, 6.07) is 6.77. The highest BCUT2D eigenvalue weighted by Gasteiger charge is 2.25. The number of rotatable bonds is 3. The van der Waals surface area contributed by atoms with Crippen LogP contribution >= 0.6 is 31.9 Å². The van der Waals surface area contributed by atoms with Crippen LogP contribution in [0.3, 0.4) is 0 Å². The molecule has 0 unspecified atom stereocenters. The average Bonchev–Trinajstić information content (AvgIpc) is 2.92. The molecule has 0 aliphatic carbocycles. The van der Waals surface area contributed by atoms with Gasteiger partial charge >= 0.3 is 0 Å². The number of nitrogens with zero attached hydrogens (tertiary/aromatic N) is 3. The Hall–Kier alpha value is -1.33. The number of piperidine rings is 1. The minimum atomic E-state index is 0.476. The summed E-state index contributed by atoms with van der Waals surface area (Å²) in [5.41, 5.74) is 8.47. The molecule has 3 nitrogen and oxygen atoms in total. The van der Waals surface area contributed by atoms with Crippen LogP contribution in [0.1, 0.15) is 62.0 Å². The van der Waals surface area contributed by atoms with Crippen LogP contribution in [0.5, 0.6) is 0 Å². The second-order valence-corrected chi connectivity index (χ2v) is 10.9. The fraction of sp³-hybridized carbons (Fsp3) is 0.480. The molecule has 0 radical (unpaired) electrons. The number of anilines is 1. The maximum absolute atomic E-state index is 5.04. The Morgan fingerprint density at radius 1 is 1.00 bits per heavy atom. The van der Waals surface area contributed by atoms with E-state index < -0.39 is 0 Å². The van der Waals surface area contributed by atoms with Gasteiger partial charge in [0.25, 0.3) is 0 Å². The Kier molecular flexibility index (Phi) is 6.06. The van der Waals surface area contributed by atoms with Gasteiger partial charge in [0.2, 0.25) is 0 Å². The first-order chi connectivity index (χ1) is 14.2. The first-order valence-electron chi connectivity index (χ1n) is 10.9. The van der Waals surface area contributed by atoms with E-state index in [0.29, 0.717) is 5.92 Å². The molecule has 0 saturated carbocycles. The molecule has 0 bridgehead atoms. The van der Waals surface area contributed by atoms with Gasteiger partial charge < -0.3 is 4.90 Å². The van der Waals surface area contributed by atoms with Gasteiger partial charge in [-0.3, -0.25) is 4.57 Å². The molecule has 0 atom stereocenters. The molecule has 4 rings (SSSR count). The van der Waals surface area contributed by atoms with Gasteiger partial charge in [-0.15, -0.1) is 0 Å². The standard InChI is InChI=1S/C25H31Br2N3/c1-14(2)19-12-20(26)24(21(27)13-19)30-18(6)17(5)23-22(11-16(4)28-25(23)30)29-9-7-15(3)8-10-29/h11-15H,7-10H2,1-6H3. The summed E-state index contributed by atoms with van der Waals surface area (Å²) in [4.78, 5) is 7.61. The van der Waals surface area contributed by atoms with Gasteiger partial charge in [0.15, 0.2) is 0 Å². The van der Waals surface area contributed by atoms with E-state index in [9.17, 15) is 0 Å². The van der Waals surface area contributed by atoms with Gasteiger partial charge in [-0.25, -0.2) is 4.98 Å². The largest absolute Gasteiger partial charge is 0.371 e. The van der Waals surface area contributed by atoms with Crippen LogP contribution in [0.25, 0.3) is 16.7 Å². The quantitative estimate of drug-likeness (QED) is 0.342. The highest BCUT2D eigenvalue weighted by molar-refractivity contribution is 9.11. The van der Waals surface area contributed by atoms with Gasteiger partial charge in [0, 0.05) is 44.5 Å². The predicted molar refractivity (Wildman–Crippen MR) is 135 cm³/mol. The Morgan fingerprint density at radius 3 is 2.17 bits per heavy atom. The third-order valence-corrected chi connectivity index (χ3v) is 7.84. The third-order valence-electron chi connectivity index (χ3n) is 6.63. The number of aryl methyl sites for hydroxylation is 2. The van der Waals surface area contributed by atoms with Crippen LogP contribution in [0.4, 0.5) is 5.69 Å². The van der Waals surface area contributed by atoms with E-state index >= 15 is 0 Å². The van der Waals surface area contributed by atoms with Crippen molar-refractivity contribution in [1.82, 2.24) is 9.55 Å². The number of pyridine rings is 1. The van der Waals surface area contributed by atoms with E-state index in [4.69, 9.17) is 4.98 Å². The number of benzene rings is 1. The van der Waals surface area contributed by atoms with Crippen molar-refractivity contribution in [1.29, 1.82) is 0 Å². The molecule has 1 saturated heterocycles. The fourth-order valence-electron chi connectivity index (χ4n) is 4.57. The molecule has 0 spiro atoms. The first-order valence-corrected chi connectivity index (χ1v) is 12.5. The van der Waals surface area contributed by atoms with Gasteiger partial charge in [-0.05, 0) is 107 Å². The normalized spacial score (nSPS) is 15.6. The first kappa shape index (κ1) is 21.9. The molecule has 5 heteroatoms. The number of halogens is 2. The zero-order chi connectivity index (χ0) is 21.7. The lowest BCUT2D eigenvalue weighted by Gasteiger charge is -2.33. The molecule has 1 aliphatic rings. The monoisotopic (exact) mass is 531 g/mol. The lowest BCUT2D eigenvalue weighted by atomic mass is 9.98. The van der Waals surface area contributed by atoms with E-state index in [1.165, 1.54) is 40.7 Å². The number of hydrogen-bond donors (Lipinski definition) is 0. The minimum absolute atomic E-state index is 0.476. The molecule has 1 aliphatic heterocycles. The molecule has 0 amide bonds. The molecule has 2 aromatic heterocycles. The zero-order valence-electron chi connectivity index (χ0n) is 18.8. The summed E-state index contributed by atoms with van der Waals surface area (Å²) in [5, 5.41) is 1.29. The van der Waals surface area contributed by atoms with Crippen molar-refractivity contribution in [3.63, 3.8) is 0 Å². The zero-order valence-corrected chi connectivity index (χ0v) is 22.0. The second kappa shape index (κ2) is 8.31. The van der Waals surface area contributed by atoms with Crippen LogP contribution in [-0.2, 0) is 0 Å². The van der Waals surface area contributed by atoms with Crippen molar-refractivity contribution >= 4 is 48.6 Å². The van der Waals surface area contributed by atoms with Crippen molar-refractivity contribution in [2.24, 2.45) is 5.92 Å². The van der Waals surface area contributed by atoms with Crippen molar-refractivity contribution < 1.29 is 0 Å². The molecule has 1 fully saturated rings. The molecular weight excluding hydrogens is 502 g/mol. The summed E-state index contributed by atoms with van der Waals surface area (Å²) < 4.78 is 4.51. The summed E-state index contributed by atoms with van der Waals surface area (Å²) in [6.45, 7) is 15.6. The molecule has 3 aromatic rings. The molecule has 30 heavy (non-hydrogen) atoms. The Labute approximate surface area is 197 Å². The Balaban J connectivity index is 1.97. The average molecular weight is 533 g/mol. The minimum Gasteiger partial charge on any atom is -0.371 e. The maximum Gasteiger partial charge on any atom is 0.147 e. The summed E-state index contributed by atoms with van der Waals surface area (Å²) in [6.07, 6.45) is 2.52. The Bertz CT molecular complexity index is 1080. The van der Waals surface area contributed by atoms with Crippen molar-refractivity contribution in [3.05, 3.63) is 49.7 Å². The van der Waals surface area contributed by atoms with Crippen molar-refractivity contribution in [2.75, 3.05) is 18.0 Å². The van der Waals surface area contributed by atoms with E-state index in [0.717, 1.165) is 45.0 Å². The lowest BCUT2D eigenvalue weighted by Crippen LogP contribution is -2.33. The van der Waals surface area contributed by atoms with Gasteiger partial charge in [-0.2, -0.15) is 0 Å². The fourth-order valence-corrected chi connectivity index (χ4v) is 6.15. The molecule has 0 N–H and O–H groups in total. The van der Waals surface area contributed by atoms with E-state index in [1.54, 1.807) is 0 Å².